The molecule has 194 valence electrons. The fourth-order valence-electron chi connectivity index (χ4n) is 3.52. The minimum atomic E-state index is -4.31. The highest BCUT2D eigenvalue weighted by atomic mass is 32.2. The lowest BCUT2D eigenvalue weighted by atomic mass is 10.1. The fourth-order valence-corrected chi connectivity index (χ4v) is 4.96. The molecule has 37 heavy (non-hydrogen) atoms. The van der Waals surface area contributed by atoms with Crippen molar-refractivity contribution in [3.63, 3.8) is 0 Å². The number of rotatable bonds is 11. The molecule has 0 saturated carbocycles. The van der Waals surface area contributed by atoms with E-state index in [4.69, 9.17) is 24.2 Å². The molecule has 0 aromatic heterocycles. The van der Waals surface area contributed by atoms with E-state index in [1.54, 1.807) is 36.4 Å². The van der Waals surface area contributed by atoms with Gasteiger partial charge in [0.05, 0.1) is 51.5 Å². The maximum Gasteiger partial charge on any atom is 0.265 e. The Bertz CT molecular complexity index is 1400. The molecule has 11 heteroatoms. The monoisotopic (exact) mass is 525 g/mol. The number of hydrogen-bond acceptors (Lipinski definition) is 8. The van der Waals surface area contributed by atoms with Gasteiger partial charge in [0, 0.05) is 17.8 Å². The van der Waals surface area contributed by atoms with E-state index >= 15 is 0 Å². The van der Waals surface area contributed by atoms with Gasteiger partial charge in [-0.3, -0.25) is 9.10 Å². The normalized spacial score (nSPS) is 10.7. The van der Waals surface area contributed by atoms with Crippen LogP contribution in [0.5, 0.6) is 23.0 Å². The lowest BCUT2D eigenvalue weighted by Crippen LogP contribution is -2.38. The molecule has 0 aliphatic heterocycles. The van der Waals surface area contributed by atoms with Crippen LogP contribution in [0.25, 0.3) is 0 Å². The van der Waals surface area contributed by atoms with Crippen molar-refractivity contribution in [2.45, 2.75) is 11.3 Å². The molecule has 0 aliphatic carbocycles. The molecule has 1 amide bonds. The highest BCUT2D eigenvalue weighted by Crippen LogP contribution is 2.37. The zero-order valence-corrected chi connectivity index (χ0v) is 21.7. The topological polar surface area (TPSA) is 127 Å². The molecular formula is C26H27N3O7S. The Balaban J connectivity index is 2.04. The van der Waals surface area contributed by atoms with Crippen molar-refractivity contribution in [3.05, 3.63) is 66.2 Å². The van der Waals surface area contributed by atoms with Gasteiger partial charge in [-0.05, 0) is 42.0 Å². The summed E-state index contributed by atoms with van der Waals surface area (Å²) in [6.45, 7) is -0.569. The number of carbonyl (C=O) groups is 1. The van der Waals surface area contributed by atoms with Crippen LogP contribution in [-0.2, 0) is 21.2 Å². The Kier molecular flexibility index (Phi) is 8.81. The van der Waals surface area contributed by atoms with Gasteiger partial charge in [0.1, 0.15) is 18.0 Å². The van der Waals surface area contributed by atoms with Crippen LogP contribution in [0, 0.1) is 11.3 Å². The predicted octanol–water partition coefficient (Wildman–Crippen LogP) is 3.62. The van der Waals surface area contributed by atoms with E-state index in [0.29, 0.717) is 17.2 Å². The summed E-state index contributed by atoms with van der Waals surface area (Å²) < 4.78 is 49.9. The number of nitriles is 1. The molecule has 0 fully saturated rings. The third kappa shape index (κ3) is 6.23. The molecule has 0 saturated heterocycles. The summed E-state index contributed by atoms with van der Waals surface area (Å²) in [6.07, 6.45) is 0.237. The number of ether oxygens (including phenoxy) is 4. The van der Waals surface area contributed by atoms with Gasteiger partial charge in [-0.15, -0.1) is 0 Å². The highest BCUT2D eigenvalue weighted by molar-refractivity contribution is 7.92. The van der Waals surface area contributed by atoms with Gasteiger partial charge >= 0.3 is 0 Å². The molecule has 0 aliphatic rings. The third-order valence-electron chi connectivity index (χ3n) is 5.41. The van der Waals surface area contributed by atoms with Crippen LogP contribution >= 0.6 is 0 Å². The number of sulfonamides is 1. The van der Waals surface area contributed by atoms with E-state index in [9.17, 15) is 13.2 Å². The van der Waals surface area contributed by atoms with Crippen molar-refractivity contribution in [1.82, 2.24) is 0 Å². The Hall–Kier alpha value is -4.43. The van der Waals surface area contributed by atoms with Crippen LogP contribution in [0.15, 0.2) is 65.6 Å². The second-order valence-electron chi connectivity index (χ2n) is 7.65. The molecule has 0 atom stereocenters. The largest absolute Gasteiger partial charge is 0.497 e. The van der Waals surface area contributed by atoms with Crippen molar-refractivity contribution in [2.24, 2.45) is 0 Å². The molecule has 0 bridgehead atoms. The predicted molar refractivity (Wildman–Crippen MR) is 138 cm³/mol. The minimum Gasteiger partial charge on any atom is -0.497 e. The highest BCUT2D eigenvalue weighted by Gasteiger charge is 2.31. The summed E-state index contributed by atoms with van der Waals surface area (Å²) in [5, 5.41) is 11.5. The molecular weight excluding hydrogens is 498 g/mol. The van der Waals surface area contributed by atoms with E-state index in [2.05, 4.69) is 11.4 Å². The van der Waals surface area contributed by atoms with Crippen LogP contribution < -0.4 is 28.6 Å². The quantitative estimate of drug-likeness (QED) is 0.402. The van der Waals surface area contributed by atoms with Crippen LogP contribution in [0.4, 0.5) is 11.4 Å². The summed E-state index contributed by atoms with van der Waals surface area (Å²) >= 11 is 0. The maximum atomic E-state index is 13.9. The maximum absolute atomic E-state index is 13.9. The first-order chi connectivity index (χ1) is 17.8. The van der Waals surface area contributed by atoms with Crippen LogP contribution in [0.2, 0.25) is 0 Å². The average molecular weight is 526 g/mol. The molecule has 0 unspecified atom stereocenters. The number of anilines is 2. The van der Waals surface area contributed by atoms with Crippen molar-refractivity contribution in [1.29, 1.82) is 5.26 Å². The zero-order chi connectivity index (χ0) is 27.0. The molecule has 10 nitrogen and oxygen atoms in total. The molecule has 1 N–H and O–H groups in total. The third-order valence-corrected chi connectivity index (χ3v) is 7.16. The van der Waals surface area contributed by atoms with Crippen molar-refractivity contribution >= 4 is 27.3 Å². The van der Waals surface area contributed by atoms with E-state index in [1.807, 2.05) is 0 Å². The van der Waals surface area contributed by atoms with Gasteiger partial charge in [-0.2, -0.15) is 5.26 Å². The molecule has 3 aromatic carbocycles. The van der Waals surface area contributed by atoms with Gasteiger partial charge in [0.25, 0.3) is 10.0 Å². The number of hydrogen-bond donors (Lipinski definition) is 1. The second kappa shape index (κ2) is 12.0. The SMILES string of the molecule is COc1ccc(OC)c(N(CC(=O)Nc2ccc(CC#N)cc2)S(=O)(=O)c2ccc(OC)c(OC)c2)c1. The number of carbonyl (C=O) groups excluding carboxylic acids is 1. The first kappa shape index (κ1) is 27.2. The molecule has 0 radical (unpaired) electrons. The van der Waals surface area contributed by atoms with E-state index in [0.717, 1.165) is 9.87 Å². The number of amides is 1. The minimum absolute atomic E-state index is 0.108. The Morgan fingerprint density at radius 2 is 1.51 bits per heavy atom. The number of methoxy groups -OCH3 is 4. The molecule has 3 rings (SSSR count). The lowest BCUT2D eigenvalue weighted by Gasteiger charge is -2.26. The summed E-state index contributed by atoms with van der Waals surface area (Å²) in [6, 6.07) is 17.6. The Labute approximate surface area is 216 Å². The van der Waals surface area contributed by atoms with Crippen molar-refractivity contribution in [3.8, 4) is 29.1 Å². The first-order valence-electron chi connectivity index (χ1n) is 11.0. The van der Waals surface area contributed by atoms with Crippen LogP contribution in [-0.4, -0.2) is 49.3 Å². The van der Waals surface area contributed by atoms with Gasteiger partial charge in [-0.1, -0.05) is 12.1 Å². The summed E-state index contributed by atoms with van der Waals surface area (Å²) in [5.41, 5.74) is 1.35. The fraction of sp³-hybridized carbons (Fsp3) is 0.231. The second-order valence-corrected chi connectivity index (χ2v) is 9.51. The smallest absolute Gasteiger partial charge is 0.265 e. The van der Waals surface area contributed by atoms with Crippen molar-refractivity contribution < 1.29 is 32.2 Å². The van der Waals surface area contributed by atoms with Gasteiger partial charge in [0.15, 0.2) is 11.5 Å². The summed E-state index contributed by atoms with van der Waals surface area (Å²) in [7, 11) is 1.38. The standard InChI is InChI=1S/C26H27N3O7S/c1-33-20-9-11-23(34-2)22(15-20)29(17-26(30)28-19-7-5-18(6-8-19)13-14-27)37(31,32)21-10-12-24(35-3)25(16-21)36-4/h5-12,15-16H,13,17H2,1-4H3,(H,28,30). The zero-order valence-electron chi connectivity index (χ0n) is 20.8. The number of benzene rings is 3. The lowest BCUT2D eigenvalue weighted by molar-refractivity contribution is -0.114. The van der Waals surface area contributed by atoms with Gasteiger partial charge < -0.3 is 24.3 Å². The Morgan fingerprint density at radius 1 is 0.865 bits per heavy atom. The number of nitrogens with zero attached hydrogens (tertiary/aromatic N) is 2. The van der Waals surface area contributed by atoms with Crippen LogP contribution in [0.1, 0.15) is 5.56 Å². The molecule has 0 spiro atoms. The first-order valence-corrected chi connectivity index (χ1v) is 12.4. The average Bonchev–Trinajstić information content (AvgIpc) is 2.92. The van der Waals surface area contributed by atoms with Gasteiger partial charge in [-0.25, -0.2) is 8.42 Å². The van der Waals surface area contributed by atoms with Crippen LogP contribution in [0.3, 0.4) is 0 Å². The Morgan fingerprint density at radius 3 is 2.11 bits per heavy atom. The van der Waals surface area contributed by atoms with Gasteiger partial charge in [0.2, 0.25) is 5.91 Å². The van der Waals surface area contributed by atoms with E-state index < -0.39 is 22.5 Å². The number of nitrogens with one attached hydrogen (secondary N) is 1. The molecule has 0 heterocycles. The summed E-state index contributed by atoms with van der Waals surface area (Å²) in [5.74, 6) is 0.560. The van der Waals surface area contributed by atoms with Crippen molar-refractivity contribution in [2.75, 3.05) is 44.6 Å². The summed E-state index contributed by atoms with van der Waals surface area (Å²) in [4.78, 5) is 13.0. The molecule has 3 aromatic rings. The van der Waals surface area contributed by atoms with E-state index in [1.165, 1.54) is 52.7 Å². The van der Waals surface area contributed by atoms with E-state index in [-0.39, 0.29) is 28.5 Å².